The van der Waals surface area contributed by atoms with Gasteiger partial charge < -0.3 is 9.67 Å². The summed E-state index contributed by atoms with van der Waals surface area (Å²) in [6, 6.07) is 6.65. The molecule has 0 spiro atoms. The minimum atomic E-state index is -0.00564. The molecule has 0 aliphatic rings. The first-order valence-corrected chi connectivity index (χ1v) is 5.78. The van der Waals surface area contributed by atoms with Crippen molar-refractivity contribution in [2.45, 2.75) is 39.8 Å². The van der Waals surface area contributed by atoms with Gasteiger partial charge in [-0.2, -0.15) is 0 Å². The molecule has 0 aliphatic carbocycles. The molecule has 1 N–H and O–H groups in total. The van der Waals surface area contributed by atoms with Crippen molar-refractivity contribution in [2.24, 2.45) is 0 Å². The van der Waals surface area contributed by atoms with Crippen molar-refractivity contribution < 1.29 is 5.11 Å². The first-order chi connectivity index (χ1) is 7.67. The molecule has 0 bridgehead atoms. The molecule has 0 aliphatic heterocycles. The molecule has 86 valence electrons. The first-order valence-electron chi connectivity index (χ1n) is 5.78. The van der Waals surface area contributed by atoms with Crippen molar-refractivity contribution in [3.63, 3.8) is 0 Å². The average molecular weight is 218 g/mol. The number of rotatable bonds is 3. The quantitative estimate of drug-likeness (QED) is 0.860. The van der Waals surface area contributed by atoms with E-state index in [0.29, 0.717) is 6.04 Å². The number of nitrogens with zero attached hydrogens (tertiary/aromatic N) is 2. The van der Waals surface area contributed by atoms with Crippen LogP contribution in [0, 0.1) is 0 Å². The Labute approximate surface area is 95.7 Å². The zero-order valence-electron chi connectivity index (χ0n) is 10.1. The zero-order valence-corrected chi connectivity index (χ0v) is 10.1. The van der Waals surface area contributed by atoms with Gasteiger partial charge in [0.25, 0.3) is 0 Å². The van der Waals surface area contributed by atoms with Crippen LogP contribution in [-0.4, -0.2) is 14.7 Å². The Bertz CT molecular complexity index is 500. The van der Waals surface area contributed by atoms with E-state index in [4.69, 9.17) is 0 Å². The second-order valence-electron chi connectivity index (χ2n) is 4.33. The van der Waals surface area contributed by atoms with Crippen LogP contribution in [0.3, 0.4) is 0 Å². The number of aliphatic hydroxyl groups excluding tert-OH is 1. The molecule has 0 unspecified atom stereocenters. The maximum atomic E-state index is 9.31. The van der Waals surface area contributed by atoms with Crippen molar-refractivity contribution in [3.05, 3.63) is 29.6 Å². The minimum absolute atomic E-state index is 0.00564. The normalized spacial score (nSPS) is 11.6. The molecule has 0 radical (unpaired) electrons. The lowest BCUT2D eigenvalue weighted by Gasteiger charge is -2.11. The van der Waals surface area contributed by atoms with Gasteiger partial charge >= 0.3 is 0 Å². The molecule has 0 saturated carbocycles. The summed E-state index contributed by atoms with van der Waals surface area (Å²) >= 11 is 0. The number of aromatic nitrogens is 2. The van der Waals surface area contributed by atoms with Crippen LogP contribution < -0.4 is 0 Å². The maximum Gasteiger partial charge on any atom is 0.135 e. The predicted octanol–water partition coefficient (Wildman–Crippen LogP) is 2.67. The summed E-state index contributed by atoms with van der Waals surface area (Å²) in [7, 11) is 0. The predicted molar refractivity (Wildman–Crippen MR) is 65.4 cm³/mol. The summed E-state index contributed by atoms with van der Waals surface area (Å²) in [5.41, 5.74) is 3.37. The van der Waals surface area contributed by atoms with Gasteiger partial charge in [-0.25, -0.2) is 4.98 Å². The standard InChI is InChI=1S/C13H18N2O/c1-4-10-5-6-12-11(7-10)14-13(8-16)15(12)9(2)3/h5-7,9,16H,4,8H2,1-3H3. The highest BCUT2D eigenvalue weighted by molar-refractivity contribution is 5.77. The van der Waals surface area contributed by atoms with Crippen LogP contribution in [0.5, 0.6) is 0 Å². The lowest BCUT2D eigenvalue weighted by atomic mass is 10.1. The number of fused-ring (bicyclic) bond motifs is 1. The van der Waals surface area contributed by atoms with Gasteiger partial charge in [-0.05, 0) is 38.0 Å². The molecule has 0 amide bonds. The monoisotopic (exact) mass is 218 g/mol. The molecular weight excluding hydrogens is 200 g/mol. The molecule has 1 heterocycles. The van der Waals surface area contributed by atoms with Gasteiger partial charge in [0.05, 0.1) is 11.0 Å². The van der Waals surface area contributed by atoms with Crippen LogP contribution in [0.2, 0.25) is 0 Å². The van der Waals surface area contributed by atoms with Gasteiger partial charge in [0, 0.05) is 6.04 Å². The molecule has 3 heteroatoms. The van der Waals surface area contributed by atoms with Crippen molar-refractivity contribution in [1.29, 1.82) is 0 Å². The highest BCUT2D eigenvalue weighted by Crippen LogP contribution is 2.22. The summed E-state index contributed by atoms with van der Waals surface area (Å²) in [6.45, 7) is 6.34. The summed E-state index contributed by atoms with van der Waals surface area (Å²) in [4.78, 5) is 4.47. The van der Waals surface area contributed by atoms with Crippen LogP contribution in [0.1, 0.15) is 38.2 Å². The zero-order chi connectivity index (χ0) is 11.7. The number of aryl methyl sites for hydroxylation is 1. The maximum absolute atomic E-state index is 9.31. The van der Waals surface area contributed by atoms with E-state index in [9.17, 15) is 5.11 Å². The topological polar surface area (TPSA) is 38.1 Å². The Kier molecular flexibility index (Phi) is 2.97. The van der Waals surface area contributed by atoms with E-state index in [1.54, 1.807) is 0 Å². The first kappa shape index (κ1) is 11.1. The van der Waals surface area contributed by atoms with E-state index in [2.05, 4.69) is 48.5 Å². The number of hydrogen-bond acceptors (Lipinski definition) is 2. The number of benzene rings is 1. The van der Waals surface area contributed by atoms with Crippen LogP contribution in [0.15, 0.2) is 18.2 Å². The van der Waals surface area contributed by atoms with Gasteiger partial charge in [-0.3, -0.25) is 0 Å². The van der Waals surface area contributed by atoms with Crippen LogP contribution >= 0.6 is 0 Å². The van der Waals surface area contributed by atoms with Crippen LogP contribution in [0.25, 0.3) is 11.0 Å². The van der Waals surface area contributed by atoms with E-state index < -0.39 is 0 Å². The van der Waals surface area contributed by atoms with Crippen LogP contribution in [-0.2, 0) is 13.0 Å². The molecule has 0 fully saturated rings. The number of imidazole rings is 1. The fourth-order valence-electron chi connectivity index (χ4n) is 2.10. The Morgan fingerprint density at radius 1 is 1.38 bits per heavy atom. The molecule has 0 atom stereocenters. The van der Waals surface area contributed by atoms with E-state index in [1.165, 1.54) is 5.56 Å². The van der Waals surface area contributed by atoms with Crippen LogP contribution in [0.4, 0.5) is 0 Å². The highest BCUT2D eigenvalue weighted by Gasteiger charge is 2.12. The van der Waals surface area contributed by atoms with Gasteiger partial charge in [0.15, 0.2) is 0 Å². The third-order valence-electron chi connectivity index (χ3n) is 2.89. The Morgan fingerprint density at radius 2 is 2.12 bits per heavy atom. The summed E-state index contributed by atoms with van der Waals surface area (Å²) in [6.07, 6.45) is 1.01. The molecule has 16 heavy (non-hydrogen) atoms. The summed E-state index contributed by atoms with van der Waals surface area (Å²) < 4.78 is 2.09. The van der Waals surface area contributed by atoms with E-state index in [1.807, 2.05) is 0 Å². The molecular formula is C13H18N2O. The molecule has 2 aromatic rings. The molecule has 3 nitrogen and oxygen atoms in total. The second-order valence-corrected chi connectivity index (χ2v) is 4.33. The molecule has 1 aromatic heterocycles. The summed E-state index contributed by atoms with van der Waals surface area (Å²) in [5.74, 6) is 0.748. The van der Waals surface area contributed by atoms with Crippen molar-refractivity contribution in [3.8, 4) is 0 Å². The van der Waals surface area contributed by atoms with Gasteiger partial charge in [0.2, 0.25) is 0 Å². The molecule has 0 saturated heterocycles. The van der Waals surface area contributed by atoms with Crippen molar-refractivity contribution in [1.82, 2.24) is 9.55 Å². The van der Waals surface area contributed by atoms with E-state index >= 15 is 0 Å². The molecule has 2 rings (SSSR count). The van der Waals surface area contributed by atoms with E-state index in [0.717, 1.165) is 23.3 Å². The van der Waals surface area contributed by atoms with Gasteiger partial charge in [-0.1, -0.05) is 13.0 Å². The van der Waals surface area contributed by atoms with E-state index in [-0.39, 0.29) is 6.61 Å². The Morgan fingerprint density at radius 3 is 2.69 bits per heavy atom. The fraction of sp³-hybridized carbons (Fsp3) is 0.462. The SMILES string of the molecule is CCc1ccc2c(c1)nc(CO)n2C(C)C. The number of aliphatic hydroxyl groups is 1. The Balaban J connectivity index is 2.67. The van der Waals surface area contributed by atoms with Gasteiger partial charge in [0.1, 0.15) is 12.4 Å². The highest BCUT2D eigenvalue weighted by atomic mass is 16.3. The van der Waals surface area contributed by atoms with Crippen molar-refractivity contribution in [2.75, 3.05) is 0 Å². The fourth-order valence-corrected chi connectivity index (χ4v) is 2.10. The lowest BCUT2D eigenvalue weighted by molar-refractivity contribution is 0.263. The summed E-state index contributed by atoms with van der Waals surface area (Å²) in [5, 5.41) is 9.31. The third-order valence-corrected chi connectivity index (χ3v) is 2.89. The third kappa shape index (κ3) is 1.71. The van der Waals surface area contributed by atoms with Crippen molar-refractivity contribution >= 4 is 11.0 Å². The second kappa shape index (κ2) is 4.26. The number of hydrogen-bond donors (Lipinski definition) is 1. The van der Waals surface area contributed by atoms with Gasteiger partial charge in [-0.15, -0.1) is 0 Å². The minimum Gasteiger partial charge on any atom is -0.388 e. The largest absolute Gasteiger partial charge is 0.388 e. The smallest absolute Gasteiger partial charge is 0.135 e. The lowest BCUT2D eigenvalue weighted by Crippen LogP contribution is -2.05. The average Bonchev–Trinajstić information content (AvgIpc) is 2.65. The Hall–Kier alpha value is -1.35. The molecule has 1 aromatic carbocycles.